The zero-order valence-corrected chi connectivity index (χ0v) is 8.00. The van der Waals surface area contributed by atoms with Crippen molar-refractivity contribution >= 4 is 5.78 Å². The van der Waals surface area contributed by atoms with Crippen molar-refractivity contribution in [3.63, 3.8) is 0 Å². The van der Waals surface area contributed by atoms with E-state index in [2.05, 4.69) is 12.7 Å². The van der Waals surface area contributed by atoms with E-state index >= 15 is 0 Å². The van der Waals surface area contributed by atoms with Gasteiger partial charge < -0.3 is 0 Å². The van der Waals surface area contributed by atoms with Crippen LogP contribution in [0.2, 0.25) is 0 Å². The molecule has 0 radical (unpaired) electrons. The highest BCUT2D eigenvalue weighted by atomic mass is 16.1. The molecule has 0 N–H and O–H groups in total. The van der Waals surface area contributed by atoms with Gasteiger partial charge in [-0.15, -0.1) is 0 Å². The van der Waals surface area contributed by atoms with Crippen LogP contribution < -0.4 is 0 Å². The molecule has 0 unspecified atom stereocenters. The third kappa shape index (κ3) is 1.70. The van der Waals surface area contributed by atoms with Crippen LogP contribution in [-0.2, 0) is 4.79 Å². The number of carbonyl (C=O) groups is 1. The van der Waals surface area contributed by atoms with Gasteiger partial charge in [0.15, 0.2) is 0 Å². The first-order valence-corrected chi connectivity index (χ1v) is 4.37. The predicted octanol–water partition coefficient (Wildman–Crippen LogP) is 2.24. The molecule has 0 amide bonds. The summed E-state index contributed by atoms with van der Waals surface area (Å²) in [7, 11) is 0. The largest absolute Gasteiger partial charge is 0.282 e. The van der Waals surface area contributed by atoms with Gasteiger partial charge in [0.25, 0.3) is 0 Å². The SMILES string of the molecule is C=C1C(C)=CC[C@H](C)[C@H]1C(=O)C#N. The summed E-state index contributed by atoms with van der Waals surface area (Å²) < 4.78 is 0. The molecule has 1 aliphatic carbocycles. The smallest absolute Gasteiger partial charge is 0.239 e. The second-order valence-corrected chi connectivity index (χ2v) is 3.58. The van der Waals surface area contributed by atoms with Crippen molar-refractivity contribution in [2.75, 3.05) is 0 Å². The van der Waals surface area contributed by atoms with Gasteiger partial charge in [-0.25, -0.2) is 0 Å². The number of Topliss-reactive ketones (excluding diaryl/α,β-unsaturated/α-hetero) is 1. The normalized spacial score (nSPS) is 27.8. The Bertz CT molecular complexity index is 319. The van der Waals surface area contributed by atoms with Crippen molar-refractivity contribution in [2.45, 2.75) is 20.3 Å². The first-order chi connectivity index (χ1) is 6.07. The summed E-state index contributed by atoms with van der Waals surface area (Å²) in [4.78, 5) is 11.3. The number of ketones is 1. The third-order valence-electron chi connectivity index (χ3n) is 2.64. The molecule has 0 saturated heterocycles. The Hall–Kier alpha value is -1.36. The van der Waals surface area contributed by atoms with Crippen molar-refractivity contribution in [3.05, 3.63) is 23.8 Å². The molecule has 0 aromatic rings. The standard InChI is InChI=1S/C11H13NO/c1-7-4-5-8(2)11(9(7)3)10(13)6-12/h4,8,11H,3,5H2,1-2H3/t8-,11+/m0/s1. The molecule has 2 heteroatoms. The molecule has 2 nitrogen and oxygen atoms in total. The van der Waals surface area contributed by atoms with Crippen molar-refractivity contribution < 1.29 is 4.79 Å². The fourth-order valence-electron chi connectivity index (χ4n) is 1.70. The molecular formula is C11H13NO. The Kier molecular flexibility index (Phi) is 2.67. The molecule has 0 heterocycles. The van der Waals surface area contributed by atoms with E-state index in [1.807, 2.05) is 13.8 Å². The molecule has 68 valence electrons. The zero-order chi connectivity index (χ0) is 10.0. The summed E-state index contributed by atoms with van der Waals surface area (Å²) in [6.45, 7) is 7.77. The highest BCUT2D eigenvalue weighted by Gasteiger charge is 2.30. The fourth-order valence-corrected chi connectivity index (χ4v) is 1.70. The Morgan fingerprint density at radius 1 is 1.77 bits per heavy atom. The van der Waals surface area contributed by atoms with Crippen LogP contribution in [-0.4, -0.2) is 5.78 Å². The predicted molar refractivity (Wildman–Crippen MR) is 50.8 cm³/mol. The van der Waals surface area contributed by atoms with E-state index < -0.39 is 0 Å². The topological polar surface area (TPSA) is 40.9 Å². The maximum atomic E-state index is 11.3. The molecule has 1 aliphatic rings. The lowest BCUT2D eigenvalue weighted by Crippen LogP contribution is -2.25. The van der Waals surface area contributed by atoms with E-state index in [0.29, 0.717) is 0 Å². The average molecular weight is 175 g/mol. The van der Waals surface area contributed by atoms with Crippen LogP contribution in [0.3, 0.4) is 0 Å². The minimum absolute atomic E-state index is 0.211. The minimum Gasteiger partial charge on any atom is -0.282 e. The van der Waals surface area contributed by atoms with Gasteiger partial charge in [0.2, 0.25) is 5.78 Å². The quantitative estimate of drug-likeness (QED) is 0.573. The molecule has 0 aliphatic heterocycles. The molecule has 13 heavy (non-hydrogen) atoms. The lowest BCUT2D eigenvalue weighted by molar-refractivity contribution is -0.117. The number of hydrogen-bond donors (Lipinski definition) is 0. The van der Waals surface area contributed by atoms with E-state index in [0.717, 1.165) is 17.6 Å². The Morgan fingerprint density at radius 2 is 2.38 bits per heavy atom. The van der Waals surface area contributed by atoms with Crippen LogP contribution in [0.5, 0.6) is 0 Å². The van der Waals surface area contributed by atoms with E-state index in [4.69, 9.17) is 5.26 Å². The molecule has 0 aromatic carbocycles. The first-order valence-electron chi connectivity index (χ1n) is 4.37. The summed E-state index contributed by atoms with van der Waals surface area (Å²) >= 11 is 0. The maximum Gasteiger partial charge on any atom is 0.239 e. The molecule has 0 saturated carbocycles. The Morgan fingerprint density at radius 3 is 2.92 bits per heavy atom. The van der Waals surface area contributed by atoms with Crippen LogP contribution in [0.4, 0.5) is 0 Å². The maximum absolute atomic E-state index is 11.3. The fraction of sp³-hybridized carbons (Fsp3) is 0.455. The van der Waals surface area contributed by atoms with Crippen molar-refractivity contribution in [1.82, 2.24) is 0 Å². The van der Waals surface area contributed by atoms with Gasteiger partial charge in [0.05, 0.1) is 5.92 Å². The zero-order valence-electron chi connectivity index (χ0n) is 8.00. The summed E-state index contributed by atoms with van der Waals surface area (Å²) in [6, 6.07) is 1.69. The molecule has 0 aromatic heterocycles. The summed E-state index contributed by atoms with van der Waals surface area (Å²) in [5, 5.41) is 8.55. The summed E-state index contributed by atoms with van der Waals surface area (Å²) in [5.74, 6) is -0.428. The number of carbonyl (C=O) groups excluding carboxylic acids is 1. The average Bonchev–Trinajstić information content (AvgIpc) is 2.12. The van der Waals surface area contributed by atoms with Crippen LogP contribution in [0.15, 0.2) is 23.8 Å². The summed E-state index contributed by atoms with van der Waals surface area (Å²) in [5.41, 5.74) is 1.86. The molecule has 0 bridgehead atoms. The van der Waals surface area contributed by atoms with Crippen molar-refractivity contribution in [1.29, 1.82) is 5.26 Å². The highest BCUT2D eigenvalue weighted by Crippen LogP contribution is 2.33. The second kappa shape index (κ2) is 3.57. The number of nitrogens with zero attached hydrogens (tertiary/aromatic N) is 1. The van der Waals surface area contributed by atoms with E-state index in [1.54, 1.807) is 6.07 Å². The number of allylic oxidation sites excluding steroid dienone is 3. The van der Waals surface area contributed by atoms with E-state index in [9.17, 15) is 4.79 Å². The lowest BCUT2D eigenvalue weighted by Gasteiger charge is -2.26. The van der Waals surface area contributed by atoms with Crippen LogP contribution in [0, 0.1) is 23.2 Å². The Balaban J connectivity index is 2.98. The van der Waals surface area contributed by atoms with Crippen molar-refractivity contribution in [3.8, 4) is 6.07 Å². The number of rotatable bonds is 1. The summed E-state index contributed by atoms with van der Waals surface area (Å²) in [6.07, 6.45) is 2.94. The Labute approximate surface area is 78.6 Å². The third-order valence-corrected chi connectivity index (χ3v) is 2.64. The molecule has 0 fully saturated rings. The number of nitriles is 1. The van der Waals surface area contributed by atoms with Gasteiger partial charge in [0.1, 0.15) is 6.07 Å². The van der Waals surface area contributed by atoms with Crippen molar-refractivity contribution in [2.24, 2.45) is 11.8 Å². The van der Waals surface area contributed by atoms with Gasteiger partial charge in [-0.05, 0) is 24.8 Å². The molecule has 1 rings (SSSR count). The highest BCUT2D eigenvalue weighted by molar-refractivity contribution is 5.98. The monoisotopic (exact) mass is 175 g/mol. The van der Waals surface area contributed by atoms with Crippen LogP contribution in [0.1, 0.15) is 20.3 Å². The first kappa shape index (κ1) is 9.73. The van der Waals surface area contributed by atoms with Crippen LogP contribution >= 0.6 is 0 Å². The lowest BCUT2D eigenvalue weighted by atomic mass is 9.76. The van der Waals surface area contributed by atoms with E-state index in [1.165, 1.54) is 0 Å². The van der Waals surface area contributed by atoms with Crippen LogP contribution in [0.25, 0.3) is 0 Å². The molecule has 0 spiro atoms. The minimum atomic E-state index is -0.357. The van der Waals surface area contributed by atoms with Gasteiger partial charge in [-0.3, -0.25) is 4.79 Å². The molecule has 2 atom stereocenters. The van der Waals surface area contributed by atoms with E-state index in [-0.39, 0.29) is 17.6 Å². The second-order valence-electron chi connectivity index (χ2n) is 3.58. The van der Waals surface area contributed by atoms with Gasteiger partial charge in [0, 0.05) is 0 Å². The molecular weight excluding hydrogens is 162 g/mol. The number of hydrogen-bond acceptors (Lipinski definition) is 2. The van der Waals surface area contributed by atoms with Gasteiger partial charge >= 0.3 is 0 Å². The van der Waals surface area contributed by atoms with Gasteiger partial charge in [-0.2, -0.15) is 5.26 Å². The van der Waals surface area contributed by atoms with Gasteiger partial charge in [-0.1, -0.05) is 25.2 Å².